The molecule has 1 amide bonds. The standard InChI is InChI=1S/C43H66N2O6/c1-25(2)38-35(47)23-43(15-16-44-37(48)24-45-17-19-51-20-18-45)14-11-33-29(39(38)43)7-8-36-41(5)12-9-28(26(3)32(41)10-13-42(33,36)6)21-34(46)30-22-31(27(30)4)40(49)50/h25-33,36H,7-24H2,1-6H3,(H,44,48)(H,49,50). The molecule has 6 fully saturated rings. The number of carboxylic acids is 1. The van der Waals surface area contributed by atoms with E-state index in [1.807, 2.05) is 6.92 Å². The van der Waals surface area contributed by atoms with Crippen molar-refractivity contribution in [2.75, 3.05) is 39.4 Å². The largest absolute Gasteiger partial charge is 0.481 e. The van der Waals surface area contributed by atoms with Crippen LogP contribution in [0.2, 0.25) is 0 Å². The number of morpholine rings is 1. The van der Waals surface area contributed by atoms with E-state index in [9.17, 15) is 24.3 Å². The topological polar surface area (TPSA) is 113 Å². The molecule has 7 rings (SSSR count). The number of ketones is 2. The fraction of sp³-hybridized carbons (Fsp3) is 0.860. The molecule has 0 aromatic heterocycles. The Kier molecular flexibility index (Phi) is 10.2. The zero-order valence-corrected chi connectivity index (χ0v) is 32.4. The maximum atomic E-state index is 13.9. The van der Waals surface area contributed by atoms with E-state index in [2.05, 4.69) is 44.8 Å². The van der Waals surface area contributed by atoms with E-state index >= 15 is 0 Å². The van der Waals surface area contributed by atoms with Crippen molar-refractivity contribution in [1.29, 1.82) is 0 Å². The summed E-state index contributed by atoms with van der Waals surface area (Å²) in [7, 11) is 0. The molecule has 0 aromatic rings. The summed E-state index contributed by atoms with van der Waals surface area (Å²) in [5, 5.41) is 12.7. The Morgan fingerprint density at radius 2 is 1.61 bits per heavy atom. The highest BCUT2D eigenvalue weighted by molar-refractivity contribution is 6.00. The Labute approximate surface area is 306 Å². The van der Waals surface area contributed by atoms with Crippen molar-refractivity contribution in [3.8, 4) is 0 Å². The van der Waals surface area contributed by atoms with Gasteiger partial charge in [-0.25, -0.2) is 0 Å². The summed E-state index contributed by atoms with van der Waals surface area (Å²) in [4.78, 5) is 53.9. The predicted molar refractivity (Wildman–Crippen MR) is 197 cm³/mol. The van der Waals surface area contributed by atoms with Gasteiger partial charge in [-0.1, -0.05) is 47.1 Å². The maximum Gasteiger partial charge on any atom is 0.306 e. The monoisotopic (exact) mass is 706 g/mol. The van der Waals surface area contributed by atoms with E-state index in [1.165, 1.54) is 37.7 Å². The third-order valence-corrected chi connectivity index (χ3v) is 16.9. The molecular formula is C43H66N2O6. The zero-order chi connectivity index (χ0) is 36.5. The number of nitrogens with one attached hydrogen (secondary N) is 1. The van der Waals surface area contributed by atoms with Gasteiger partial charge in [0, 0.05) is 43.8 Å². The molecule has 12 atom stereocenters. The molecule has 0 aromatic carbocycles. The fourth-order valence-electron chi connectivity index (χ4n) is 14.1. The summed E-state index contributed by atoms with van der Waals surface area (Å²) >= 11 is 0. The van der Waals surface area contributed by atoms with Crippen LogP contribution in [-0.2, 0) is 23.9 Å². The number of nitrogens with zero attached hydrogens (tertiary/aromatic N) is 1. The minimum atomic E-state index is -0.753. The van der Waals surface area contributed by atoms with Gasteiger partial charge in [-0.05, 0) is 128 Å². The third kappa shape index (κ3) is 6.28. The third-order valence-electron chi connectivity index (χ3n) is 16.9. The van der Waals surface area contributed by atoms with Crippen LogP contribution in [0.4, 0.5) is 0 Å². The number of hydrogen-bond acceptors (Lipinski definition) is 6. The lowest BCUT2D eigenvalue weighted by molar-refractivity contribution is -0.172. The minimum Gasteiger partial charge on any atom is -0.481 e. The lowest BCUT2D eigenvalue weighted by Gasteiger charge is -2.67. The van der Waals surface area contributed by atoms with E-state index in [0.717, 1.165) is 44.3 Å². The molecule has 5 saturated carbocycles. The van der Waals surface area contributed by atoms with E-state index in [-0.39, 0.29) is 45.8 Å². The Hall–Kier alpha value is -2.06. The summed E-state index contributed by atoms with van der Waals surface area (Å²) in [5.41, 5.74) is 3.01. The van der Waals surface area contributed by atoms with Gasteiger partial charge in [-0.3, -0.25) is 24.1 Å². The second kappa shape index (κ2) is 14.0. The van der Waals surface area contributed by atoms with Crippen LogP contribution in [0.1, 0.15) is 119 Å². The van der Waals surface area contributed by atoms with Gasteiger partial charge in [0.05, 0.1) is 25.7 Å². The van der Waals surface area contributed by atoms with E-state index in [1.54, 1.807) is 0 Å². The highest BCUT2D eigenvalue weighted by Gasteiger charge is 2.64. The SMILES string of the molecule is CC(C)C1=C2C3CCC4C(C)(CCC5C(C)C(CC(=O)C6CC(C(=O)O)C6C)CCC54C)C3CCC2(CCNC(=O)CN2CCOCC2)CC1=O. The smallest absolute Gasteiger partial charge is 0.306 e. The fourth-order valence-corrected chi connectivity index (χ4v) is 14.1. The van der Waals surface area contributed by atoms with Crippen LogP contribution in [0.5, 0.6) is 0 Å². The molecule has 0 spiro atoms. The molecule has 12 unspecified atom stereocenters. The van der Waals surface area contributed by atoms with Gasteiger partial charge in [0.15, 0.2) is 5.78 Å². The van der Waals surface area contributed by atoms with Gasteiger partial charge < -0.3 is 15.2 Å². The highest BCUT2D eigenvalue weighted by atomic mass is 16.5. The number of ether oxygens (including phenoxy) is 1. The summed E-state index contributed by atoms with van der Waals surface area (Å²) < 4.78 is 5.45. The second-order valence-corrected chi connectivity index (χ2v) is 19.4. The average molecular weight is 707 g/mol. The van der Waals surface area contributed by atoms with Crippen LogP contribution < -0.4 is 5.32 Å². The van der Waals surface area contributed by atoms with E-state index < -0.39 is 5.97 Å². The first-order chi connectivity index (χ1) is 24.2. The molecule has 51 heavy (non-hydrogen) atoms. The first-order valence-corrected chi connectivity index (χ1v) is 20.8. The van der Waals surface area contributed by atoms with E-state index in [0.29, 0.717) is 92.6 Å². The molecule has 6 aliphatic carbocycles. The lowest BCUT2D eigenvalue weighted by Crippen LogP contribution is -2.60. The number of carbonyl (C=O) groups is 4. The number of aliphatic carboxylic acids is 1. The maximum absolute atomic E-state index is 13.9. The number of hydrogen-bond donors (Lipinski definition) is 2. The molecular weight excluding hydrogens is 640 g/mol. The Morgan fingerprint density at radius 1 is 0.922 bits per heavy atom. The summed E-state index contributed by atoms with van der Waals surface area (Å²) in [6.45, 7) is 18.0. The number of rotatable bonds is 10. The summed E-state index contributed by atoms with van der Waals surface area (Å²) in [6.07, 6.45) is 11.9. The van der Waals surface area contributed by atoms with Crippen molar-refractivity contribution >= 4 is 23.4 Å². The van der Waals surface area contributed by atoms with Gasteiger partial charge in [0.25, 0.3) is 0 Å². The van der Waals surface area contributed by atoms with Crippen molar-refractivity contribution in [3.63, 3.8) is 0 Å². The molecule has 0 radical (unpaired) electrons. The summed E-state index contributed by atoms with van der Waals surface area (Å²) in [6, 6.07) is 0. The molecule has 1 saturated heterocycles. The Bertz CT molecular complexity index is 1430. The van der Waals surface area contributed by atoms with Crippen molar-refractivity contribution in [2.45, 2.75) is 119 Å². The molecule has 2 N–H and O–H groups in total. The van der Waals surface area contributed by atoms with Gasteiger partial charge in [0.1, 0.15) is 5.78 Å². The van der Waals surface area contributed by atoms with Gasteiger partial charge >= 0.3 is 5.97 Å². The zero-order valence-electron chi connectivity index (χ0n) is 32.4. The van der Waals surface area contributed by atoms with Crippen LogP contribution in [-0.4, -0.2) is 72.8 Å². The van der Waals surface area contributed by atoms with Crippen LogP contribution in [0.3, 0.4) is 0 Å². The quantitative estimate of drug-likeness (QED) is 0.253. The number of Topliss-reactive ketones (excluding diaryl/α,β-unsaturated/α-hetero) is 2. The lowest BCUT2D eigenvalue weighted by atomic mass is 9.37. The number of allylic oxidation sites excluding steroid dienone is 2. The number of amides is 1. The Balaban J connectivity index is 1.05. The molecule has 0 bridgehead atoms. The minimum absolute atomic E-state index is 0.0421. The van der Waals surface area contributed by atoms with Crippen molar-refractivity contribution in [2.24, 2.45) is 75.4 Å². The van der Waals surface area contributed by atoms with Crippen molar-refractivity contribution in [3.05, 3.63) is 11.1 Å². The normalized spacial score (nSPS) is 43.8. The van der Waals surface area contributed by atoms with Crippen molar-refractivity contribution in [1.82, 2.24) is 10.2 Å². The van der Waals surface area contributed by atoms with Crippen LogP contribution in [0.25, 0.3) is 0 Å². The van der Waals surface area contributed by atoms with Crippen LogP contribution in [0, 0.1) is 75.4 Å². The molecule has 1 heterocycles. The molecule has 1 aliphatic heterocycles. The first-order valence-electron chi connectivity index (χ1n) is 20.8. The second-order valence-electron chi connectivity index (χ2n) is 19.4. The van der Waals surface area contributed by atoms with Gasteiger partial charge in [-0.2, -0.15) is 0 Å². The van der Waals surface area contributed by atoms with Crippen LogP contribution in [0.15, 0.2) is 11.1 Å². The Morgan fingerprint density at radius 3 is 2.29 bits per heavy atom. The number of carboxylic acid groups (broad SMARTS) is 1. The number of carbonyl (C=O) groups excluding carboxylic acids is 3. The highest BCUT2D eigenvalue weighted by Crippen LogP contribution is 2.72. The summed E-state index contributed by atoms with van der Waals surface area (Å²) in [5.74, 6) is 2.96. The molecule has 7 aliphatic rings. The van der Waals surface area contributed by atoms with Crippen LogP contribution >= 0.6 is 0 Å². The molecule has 8 nitrogen and oxygen atoms in total. The molecule has 284 valence electrons. The van der Waals surface area contributed by atoms with Gasteiger partial charge in [0.2, 0.25) is 5.91 Å². The average Bonchev–Trinajstić information content (AvgIpc) is 3.37. The van der Waals surface area contributed by atoms with E-state index in [4.69, 9.17) is 4.74 Å². The first kappa shape index (κ1) is 37.3. The number of fused-ring (bicyclic) bond motifs is 7. The predicted octanol–water partition coefficient (Wildman–Crippen LogP) is 6.96. The molecule has 8 heteroatoms. The van der Waals surface area contributed by atoms with Gasteiger partial charge in [-0.15, -0.1) is 0 Å². The van der Waals surface area contributed by atoms with Crippen molar-refractivity contribution < 1.29 is 29.0 Å².